The molecule has 22 heavy (non-hydrogen) atoms. The van der Waals surface area contributed by atoms with Gasteiger partial charge in [-0.1, -0.05) is 6.07 Å². The van der Waals surface area contributed by atoms with Crippen LogP contribution in [0.4, 0.5) is 9.18 Å². The van der Waals surface area contributed by atoms with Gasteiger partial charge in [-0.25, -0.2) is 9.18 Å². The third-order valence-electron chi connectivity index (χ3n) is 3.91. The summed E-state index contributed by atoms with van der Waals surface area (Å²) >= 11 is 0. The summed E-state index contributed by atoms with van der Waals surface area (Å²) in [4.78, 5) is 14.0. The third kappa shape index (κ3) is 3.40. The first-order chi connectivity index (χ1) is 10.1. The fraction of sp³-hybridized carbons (Fsp3) is 0.588. The minimum Gasteiger partial charge on any atom is -0.444 e. The van der Waals surface area contributed by atoms with Crippen LogP contribution in [-0.2, 0) is 11.3 Å². The van der Waals surface area contributed by atoms with Gasteiger partial charge in [-0.2, -0.15) is 0 Å². The van der Waals surface area contributed by atoms with Crippen LogP contribution in [0.15, 0.2) is 6.07 Å². The minimum atomic E-state index is -0.539. The van der Waals surface area contributed by atoms with E-state index in [1.165, 1.54) is 0 Å². The topological polar surface area (TPSA) is 55.6 Å². The summed E-state index contributed by atoms with van der Waals surface area (Å²) in [6, 6.07) is 1.53. The number of nitrogens with zero attached hydrogens (tertiary/aromatic N) is 1. The molecule has 4 nitrogen and oxygen atoms in total. The molecule has 122 valence electrons. The highest BCUT2D eigenvalue weighted by Crippen LogP contribution is 2.31. The molecular weight excluding hydrogens is 283 g/mol. The minimum absolute atomic E-state index is 0.208. The number of aryl methyl sites for hydroxylation is 1. The number of halogens is 1. The fourth-order valence-corrected chi connectivity index (χ4v) is 2.91. The van der Waals surface area contributed by atoms with Crippen LogP contribution in [0.1, 0.15) is 55.5 Å². The average Bonchev–Trinajstić information content (AvgIpc) is 2.53. The number of nitrogens with two attached hydrogens (primary N) is 1. The molecule has 2 rings (SSSR count). The molecule has 0 aliphatic carbocycles. The largest absolute Gasteiger partial charge is 0.444 e. The normalized spacial score (nSPS) is 18.7. The third-order valence-corrected chi connectivity index (χ3v) is 3.91. The summed E-state index contributed by atoms with van der Waals surface area (Å²) in [7, 11) is 0. The van der Waals surface area contributed by atoms with Crippen LogP contribution in [0.5, 0.6) is 0 Å². The van der Waals surface area contributed by atoms with Gasteiger partial charge in [-0.05, 0) is 63.3 Å². The SMILES string of the molecule is Cc1cc2c(c(C)c1F)[C@H](N)CCN(C(=O)OC(C)(C)C)C2. The standard InChI is InChI=1S/C17H25FN2O2/c1-10-8-12-9-20(16(21)22-17(3,4)5)7-6-13(19)14(12)11(2)15(10)18/h8,13H,6-7,9,19H2,1-5H3/t13-/m1/s1. The lowest BCUT2D eigenvalue weighted by atomic mass is 9.92. The van der Waals surface area contributed by atoms with Crippen molar-refractivity contribution in [1.29, 1.82) is 0 Å². The van der Waals surface area contributed by atoms with Gasteiger partial charge in [-0.15, -0.1) is 0 Å². The van der Waals surface area contributed by atoms with Crippen molar-refractivity contribution in [1.82, 2.24) is 4.90 Å². The Bertz CT molecular complexity index is 593. The molecule has 0 radical (unpaired) electrons. The van der Waals surface area contributed by atoms with Gasteiger partial charge in [0.15, 0.2) is 0 Å². The van der Waals surface area contributed by atoms with Gasteiger partial charge >= 0.3 is 6.09 Å². The van der Waals surface area contributed by atoms with Crippen LogP contribution < -0.4 is 5.73 Å². The molecule has 0 unspecified atom stereocenters. The Balaban J connectivity index is 2.35. The molecule has 1 aromatic carbocycles. The van der Waals surface area contributed by atoms with E-state index in [-0.39, 0.29) is 18.0 Å². The number of fused-ring (bicyclic) bond motifs is 1. The summed E-state index contributed by atoms with van der Waals surface area (Å²) in [6.07, 6.45) is 0.238. The molecule has 1 aliphatic rings. The predicted molar refractivity (Wildman–Crippen MR) is 84.1 cm³/mol. The van der Waals surface area contributed by atoms with Gasteiger partial charge in [0.05, 0.1) is 0 Å². The fourth-order valence-electron chi connectivity index (χ4n) is 2.91. The van der Waals surface area contributed by atoms with E-state index in [4.69, 9.17) is 10.5 Å². The van der Waals surface area contributed by atoms with Crippen molar-refractivity contribution in [2.24, 2.45) is 5.73 Å². The van der Waals surface area contributed by atoms with Gasteiger partial charge in [-0.3, -0.25) is 0 Å². The zero-order valence-corrected chi connectivity index (χ0v) is 14.0. The quantitative estimate of drug-likeness (QED) is 0.797. The van der Waals surface area contributed by atoms with Crippen molar-refractivity contribution in [3.63, 3.8) is 0 Å². The summed E-state index contributed by atoms with van der Waals surface area (Å²) < 4.78 is 19.6. The Hall–Kier alpha value is -1.62. The van der Waals surface area contributed by atoms with Gasteiger partial charge < -0.3 is 15.4 Å². The van der Waals surface area contributed by atoms with Crippen LogP contribution >= 0.6 is 0 Å². The predicted octanol–water partition coefficient (Wildman–Crippen LogP) is 3.58. The van der Waals surface area contributed by atoms with E-state index in [1.54, 1.807) is 24.8 Å². The van der Waals surface area contributed by atoms with Crippen LogP contribution in [0.2, 0.25) is 0 Å². The van der Waals surface area contributed by atoms with Gasteiger partial charge in [0, 0.05) is 19.1 Å². The molecule has 5 heteroatoms. The van der Waals surface area contributed by atoms with Crippen molar-refractivity contribution in [3.8, 4) is 0 Å². The van der Waals surface area contributed by atoms with E-state index in [0.29, 0.717) is 30.6 Å². The van der Waals surface area contributed by atoms with E-state index in [1.807, 2.05) is 20.8 Å². The summed E-state index contributed by atoms with van der Waals surface area (Å²) in [5.41, 5.74) is 8.58. The Morgan fingerprint density at radius 1 is 1.41 bits per heavy atom. The molecule has 0 spiro atoms. The molecule has 1 atom stereocenters. The maximum Gasteiger partial charge on any atom is 0.410 e. The summed E-state index contributed by atoms with van der Waals surface area (Å²) in [6.45, 7) is 9.91. The van der Waals surface area contributed by atoms with Gasteiger partial charge in [0.25, 0.3) is 0 Å². The number of carbonyl (C=O) groups is 1. The molecule has 0 bridgehead atoms. The second kappa shape index (κ2) is 5.88. The van der Waals surface area contributed by atoms with E-state index >= 15 is 0 Å². The zero-order chi connectivity index (χ0) is 16.7. The monoisotopic (exact) mass is 308 g/mol. The molecule has 0 saturated heterocycles. The van der Waals surface area contributed by atoms with Gasteiger partial charge in [0.1, 0.15) is 11.4 Å². The number of hydrogen-bond donors (Lipinski definition) is 1. The molecule has 1 aliphatic heterocycles. The Morgan fingerprint density at radius 3 is 2.64 bits per heavy atom. The Morgan fingerprint density at radius 2 is 2.05 bits per heavy atom. The van der Waals surface area contributed by atoms with Crippen molar-refractivity contribution in [3.05, 3.63) is 34.1 Å². The molecule has 2 N–H and O–H groups in total. The second-order valence-corrected chi connectivity index (χ2v) is 7.00. The Kier molecular flexibility index (Phi) is 4.47. The maximum absolute atomic E-state index is 14.1. The van der Waals surface area contributed by atoms with E-state index in [2.05, 4.69) is 0 Å². The highest BCUT2D eigenvalue weighted by molar-refractivity contribution is 5.68. The molecular formula is C17H25FN2O2. The van der Waals surface area contributed by atoms with Crippen LogP contribution in [0.25, 0.3) is 0 Å². The number of amides is 1. The first-order valence-corrected chi connectivity index (χ1v) is 7.62. The highest BCUT2D eigenvalue weighted by atomic mass is 19.1. The van der Waals surface area contributed by atoms with Crippen molar-refractivity contribution >= 4 is 6.09 Å². The number of carbonyl (C=O) groups excluding carboxylic acids is 1. The number of hydrogen-bond acceptors (Lipinski definition) is 3. The van der Waals surface area contributed by atoms with Crippen LogP contribution in [0, 0.1) is 19.7 Å². The van der Waals surface area contributed by atoms with E-state index in [0.717, 1.165) is 11.1 Å². The molecule has 0 saturated carbocycles. The molecule has 1 amide bonds. The molecule has 0 fully saturated rings. The van der Waals surface area contributed by atoms with Crippen LogP contribution in [-0.4, -0.2) is 23.1 Å². The number of ether oxygens (including phenoxy) is 1. The van der Waals surface area contributed by atoms with E-state index < -0.39 is 5.60 Å². The molecule has 1 heterocycles. The second-order valence-electron chi connectivity index (χ2n) is 7.00. The smallest absolute Gasteiger partial charge is 0.410 e. The highest BCUT2D eigenvalue weighted by Gasteiger charge is 2.28. The first kappa shape index (κ1) is 16.7. The lowest BCUT2D eigenvalue weighted by Crippen LogP contribution is -2.36. The van der Waals surface area contributed by atoms with E-state index in [9.17, 15) is 9.18 Å². The molecule has 0 aromatic heterocycles. The Labute approximate surface area is 131 Å². The molecule has 1 aromatic rings. The van der Waals surface area contributed by atoms with Crippen molar-refractivity contribution in [2.45, 2.75) is 59.2 Å². The lowest BCUT2D eigenvalue weighted by Gasteiger charge is -2.26. The number of rotatable bonds is 0. The lowest BCUT2D eigenvalue weighted by molar-refractivity contribution is 0.0235. The van der Waals surface area contributed by atoms with Gasteiger partial charge in [0.2, 0.25) is 0 Å². The summed E-state index contributed by atoms with van der Waals surface area (Å²) in [5, 5.41) is 0. The number of benzene rings is 1. The zero-order valence-electron chi connectivity index (χ0n) is 14.0. The average molecular weight is 308 g/mol. The maximum atomic E-state index is 14.1. The van der Waals surface area contributed by atoms with Crippen LogP contribution in [0.3, 0.4) is 0 Å². The summed E-state index contributed by atoms with van der Waals surface area (Å²) in [5.74, 6) is -0.208. The van der Waals surface area contributed by atoms with Crippen molar-refractivity contribution in [2.75, 3.05) is 6.54 Å². The first-order valence-electron chi connectivity index (χ1n) is 7.62. The van der Waals surface area contributed by atoms with Crippen molar-refractivity contribution < 1.29 is 13.9 Å².